The van der Waals surface area contributed by atoms with Crippen LogP contribution in [0, 0.1) is 5.92 Å². The number of rotatable bonds is 4. The SMILES string of the molecule is CCC1(CC)NC(=O)N(CC(=O)N2CCCC(C)C2)C1=O. The smallest absolute Gasteiger partial charge is 0.325 e. The molecule has 118 valence electrons. The van der Waals surface area contributed by atoms with Gasteiger partial charge in [-0.1, -0.05) is 20.8 Å². The molecule has 2 aliphatic rings. The van der Waals surface area contributed by atoms with Crippen molar-refractivity contribution in [2.75, 3.05) is 19.6 Å². The molecule has 0 saturated carbocycles. The Morgan fingerprint density at radius 1 is 1.33 bits per heavy atom. The van der Waals surface area contributed by atoms with Gasteiger partial charge in [0, 0.05) is 13.1 Å². The number of urea groups is 1. The zero-order valence-corrected chi connectivity index (χ0v) is 13.1. The minimum atomic E-state index is -0.827. The Bertz CT molecular complexity index is 445. The summed E-state index contributed by atoms with van der Waals surface area (Å²) in [5, 5.41) is 2.75. The van der Waals surface area contributed by atoms with Gasteiger partial charge in [-0.05, 0) is 31.6 Å². The minimum absolute atomic E-state index is 0.131. The van der Waals surface area contributed by atoms with Crippen molar-refractivity contribution < 1.29 is 14.4 Å². The van der Waals surface area contributed by atoms with E-state index in [1.807, 2.05) is 13.8 Å². The molecule has 0 aromatic carbocycles. The monoisotopic (exact) mass is 295 g/mol. The van der Waals surface area contributed by atoms with Crippen molar-refractivity contribution in [3.05, 3.63) is 0 Å². The second-order valence-electron chi connectivity index (χ2n) is 6.20. The van der Waals surface area contributed by atoms with Gasteiger partial charge in [0.25, 0.3) is 5.91 Å². The van der Waals surface area contributed by atoms with E-state index in [4.69, 9.17) is 0 Å². The first kappa shape index (κ1) is 15.8. The lowest BCUT2D eigenvalue weighted by Gasteiger charge is -2.32. The van der Waals surface area contributed by atoms with Crippen molar-refractivity contribution >= 4 is 17.8 Å². The summed E-state index contributed by atoms with van der Waals surface area (Å²) in [5.41, 5.74) is -0.827. The largest absolute Gasteiger partial charge is 0.341 e. The van der Waals surface area contributed by atoms with Crippen LogP contribution in [0.1, 0.15) is 46.5 Å². The molecule has 0 aromatic heterocycles. The fraction of sp³-hybridized carbons (Fsp3) is 0.800. The van der Waals surface area contributed by atoms with Crippen molar-refractivity contribution in [2.45, 2.75) is 52.0 Å². The number of carbonyl (C=O) groups is 3. The molecule has 6 nitrogen and oxygen atoms in total. The Balaban J connectivity index is 2.04. The number of amides is 4. The van der Waals surface area contributed by atoms with Gasteiger partial charge in [0.15, 0.2) is 0 Å². The normalized spacial score (nSPS) is 25.2. The van der Waals surface area contributed by atoms with Crippen molar-refractivity contribution in [3.8, 4) is 0 Å². The van der Waals surface area contributed by atoms with E-state index in [0.717, 1.165) is 30.8 Å². The van der Waals surface area contributed by atoms with Gasteiger partial charge in [0.1, 0.15) is 12.1 Å². The van der Waals surface area contributed by atoms with Crippen LogP contribution in [0.5, 0.6) is 0 Å². The molecule has 2 saturated heterocycles. The zero-order valence-electron chi connectivity index (χ0n) is 13.1. The van der Waals surface area contributed by atoms with Crippen LogP contribution in [-0.4, -0.2) is 52.8 Å². The van der Waals surface area contributed by atoms with Gasteiger partial charge >= 0.3 is 6.03 Å². The van der Waals surface area contributed by atoms with Crippen LogP contribution in [-0.2, 0) is 9.59 Å². The maximum absolute atomic E-state index is 12.5. The number of carbonyl (C=O) groups excluding carboxylic acids is 3. The standard InChI is InChI=1S/C15H25N3O3/c1-4-15(5-2)13(20)18(14(21)16-15)10-12(19)17-8-6-7-11(3)9-17/h11H,4-10H2,1-3H3,(H,16,21). The Labute approximate surface area is 125 Å². The molecule has 0 spiro atoms. The molecule has 2 aliphatic heterocycles. The van der Waals surface area contributed by atoms with Crippen LogP contribution in [0.2, 0.25) is 0 Å². The van der Waals surface area contributed by atoms with E-state index in [1.54, 1.807) is 4.90 Å². The summed E-state index contributed by atoms with van der Waals surface area (Å²) in [6.07, 6.45) is 3.20. The number of likely N-dealkylation sites (tertiary alicyclic amines) is 1. The van der Waals surface area contributed by atoms with Gasteiger partial charge in [-0.15, -0.1) is 0 Å². The summed E-state index contributed by atoms with van der Waals surface area (Å²) in [7, 11) is 0. The minimum Gasteiger partial charge on any atom is -0.341 e. The van der Waals surface area contributed by atoms with Gasteiger partial charge < -0.3 is 10.2 Å². The van der Waals surface area contributed by atoms with E-state index >= 15 is 0 Å². The fourth-order valence-electron chi connectivity index (χ4n) is 3.20. The zero-order chi connectivity index (χ0) is 15.6. The lowest BCUT2D eigenvalue weighted by molar-refractivity contribution is -0.140. The average Bonchev–Trinajstić information content (AvgIpc) is 2.72. The van der Waals surface area contributed by atoms with E-state index < -0.39 is 11.6 Å². The molecule has 0 bridgehead atoms. The highest BCUT2D eigenvalue weighted by Crippen LogP contribution is 2.25. The molecule has 4 amide bonds. The quantitative estimate of drug-likeness (QED) is 0.796. The van der Waals surface area contributed by atoms with E-state index in [2.05, 4.69) is 12.2 Å². The van der Waals surface area contributed by atoms with Crippen LogP contribution in [0.25, 0.3) is 0 Å². The van der Waals surface area contributed by atoms with Crippen molar-refractivity contribution in [1.29, 1.82) is 0 Å². The van der Waals surface area contributed by atoms with Crippen molar-refractivity contribution in [3.63, 3.8) is 0 Å². The molecule has 21 heavy (non-hydrogen) atoms. The Kier molecular flexibility index (Phi) is 4.54. The predicted octanol–water partition coefficient (Wildman–Crippen LogP) is 1.36. The second kappa shape index (κ2) is 6.03. The summed E-state index contributed by atoms with van der Waals surface area (Å²) in [6.45, 7) is 7.17. The first-order valence-electron chi connectivity index (χ1n) is 7.85. The van der Waals surface area contributed by atoms with E-state index in [1.165, 1.54) is 0 Å². The maximum atomic E-state index is 12.5. The number of imide groups is 1. The predicted molar refractivity (Wildman–Crippen MR) is 78.5 cm³/mol. The first-order chi connectivity index (χ1) is 9.93. The molecule has 0 aromatic rings. The molecule has 0 aliphatic carbocycles. The Morgan fingerprint density at radius 2 is 2.00 bits per heavy atom. The molecule has 2 rings (SSSR count). The van der Waals surface area contributed by atoms with E-state index in [9.17, 15) is 14.4 Å². The molecule has 2 heterocycles. The molecule has 0 radical (unpaired) electrons. The lowest BCUT2D eigenvalue weighted by atomic mass is 9.93. The van der Waals surface area contributed by atoms with E-state index in [0.29, 0.717) is 18.8 Å². The molecule has 1 unspecified atom stereocenters. The van der Waals surface area contributed by atoms with Crippen LogP contribution in [0.15, 0.2) is 0 Å². The maximum Gasteiger partial charge on any atom is 0.325 e. The lowest BCUT2D eigenvalue weighted by Crippen LogP contribution is -2.48. The third-order valence-electron chi connectivity index (χ3n) is 4.76. The first-order valence-corrected chi connectivity index (χ1v) is 7.85. The van der Waals surface area contributed by atoms with Gasteiger partial charge in [0.2, 0.25) is 5.91 Å². The summed E-state index contributed by atoms with van der Waals surface area (Å²) < 4.78 is 0. The van der Waals surface area contributed by atoms with Gasteiger partial charge in [0.05, 0.1) is 0 Å². The Hall–Kier alpha value is -1.59. The third-order valence-corrected chi connectivity index (χ3v) is 4.76. The molecule has 6 heteroatoms. The van der Waals surface area contributed by atoms with Crippen LogP contribution in [0.3, 0.4) is 0 Å². The number of nitrogens with zero attached hydrogens (tertiary/aromatic N) is 2. The summed E-state index contributed by atoms with van der Waals surface area (Å²) >= 11 is 0. The molecular formula is C15H25N3O3. The van der Waals surface area contributed by atoms with Crippen LogP contribution >= 0.6 is 0 Å². The highest BCUT2D eigenvalue weighted by atomic mass is 16.2. The van der Waals surface area contributed by atoms with E-state index in [-0.39, 0.29) is 18.4 Å². The number of hydrogen-bond acceptors (Lipinski definition) is 3. The van der Waals surface area contributed by atoms with Gasteiger partial charge in [-0.2, -0.15) is 0 Å². The summed E-state index contributed by atoms with van der Waals surface area (Å²) in [5.74, 6) is 0.0835. The van der Waals surface area contributed by atoms with Crippen LogP contribution in [0.4, 0.5) is 4.79 Å². The van der Waals surface area contributed by atoms with Crippen molar-refractivity contribution in [1.82, 2.24) is 15.1 Å². The molecule has 2 fully saturated rings. The summed E-state index contributed by atoms with van der Waals surface area (Å²) in [6, 6.07) is -0.442. The van der Waals surface area contributed by atoms with Crippen LogP contribution < -0.4 is 5.32 Å². The topological polar surface area (TPSA) is 69.7 Å². The van der Waals surface area contributed by atoms with Crippen molar-refractivity contribution in [2.24, 2.45) is 5.92 Å². The number of hydrogen-bond donors (Lipinski definition) is 1. The highest BCUT2D eigenvalue weighted by Gasteiger charge is 2.49. The molecular weight excluding hydrogens is 270 g/mol. The van der Waals surface area contributed by atoms with Gasteiger partial charge in [-0.3, -0.25) is 14.5 Å². The third kappa shape index (κ3) is 2.89. The Morgan fingerprint density at radius 3 is 2.52 bits per heavy atom. The molecule has 1 atom stereocenters. The van der Waals surface area contributed by atoms with Gasteiger partial charge in [-0.25, -0.2) is 4.79 Å². The number of nitrogens with one attached hydrogen (secondary N) is 1. The molecule has 1 N–H and O–H groups in total. The second-order valence-corrected chi connectivity index (χ2v) is 6.20. The number of piperidine rings is 1. The summed E-state index contributed by atoms with van der Waals surface area (Å²) in [4.78, 5) is 39.7. The average molecular weight is 295 g/mol. The fourth-order valence-corrected chi connectivity index (χ4v) is 3.20. The highest BCUT2D eigenvalue weighted by molar-refractivity contribution is 6.08.